The molecule has 1 atom stereocenters. The van der Waals surface area contributed by atoms with E-state index in [0.717, 1.165) is 0 Å². The highest BCUT2D eigenvalue weighted by Gasteiger charge is 2.17. The van der Waals surface area contributed by atoms with Crippen LogP contribution in [0.25, 0.3) is 0 Å². The van der Waals surface area contributed by atoms with Gasteiger partial charge >= 0.3 is 7.60 Å². The van der Waals surface area contributed by atoms with Crippen molar-refractivity contribution in [1.29, 1.82) is 0 Å². The van der Waals surface area contributed by atoms with Crippen LogP contribution in [0.2, 0.25) is 0 Å². The largest absolute Gasteiger partial charge is 0.352 e. The lowest BCUT2D eigenvalue weighted by Crippen LogP contribution is -2.08. The van der Waals surface area contributed by atoms with Gasteiger partial charge in [0.15, 0.2) is 6.79 Å². The first-order chi connectivity index (χ1) is 6.33. The second-order valence-corrected chi connectivity index (χ2v) is 5.98. The van der Waals surface area contributed by atoms with Gasteiger partial charge in [-0.05, 0) is 19.8 Å². The monoisotopic (exact) mass is 224 g/mol. The van der Waals surface area contributed by atoms with Crippen molar-refractivity contribution < 1.29 is 18.3 Å². The zero-order valence-corrected chi connectivity index (χ0v) is 10.5. The first-order valence-electron chi connectivity index (χ1n) is 4.81. The Hall–Kier alpha value is 0.110. The van der Waals surface area contributed by atoms with Gasteiger partial charge in [-0.3, -0.25) is 9.09 Å². The van der Waals surface area contributed by atoms with Gasteiger partial charge in [0.25, 0.3) is 0 Å². The average molecular weight is 224 g/mol. The predicted molar refractivity (Wildman–Crippen MR) is 56.5 cm³/mol. The molecule has 86 valence electrons. The summed E-state index contributed by atoms with van der Waals surface area (Å²) in [7, 11) is -2.93. The summed E-state index contributed by atoms with van der Waals surface area (Å²) in [5, 5.41) is 0. The van der Waals surface area contributed by atoms with Crippen LogP contribution in [0.5, 0.6) is 0 Å². The van der Waals surface area contributed by atoms with Crippen molar-refractivity contribution >= 4 is 7.60 Å². The summed E-state index contributed by atoms with van der Waals surface area (Å²) in [5.41, 5.74) is 0. The van der Waals surface area contributed by atoms with Crippen molar-refractivity contribution in [2.75, 3.05) is 20.1 Å². The third-order valence-electron chi connectivity index (χ3n) is 1.33. The number of ether oxygens (including phenoxy) is 1. The van der Waals surface area contributed by atoms with E-state index in [1.807, 2.05) is 27.7 Å². The average Bonchev–Trinajstić information content (AvgIpc) is 2.00. The lowest BCUT2D eigenvalue weighted by molar-refractivity contribution is -0.0272. The summed E-state index contributed by atoms with van der Waals surface area (Å²) in [4.78, 5) is 0. The molecule has 0 aromatic carbocycles. The molecule has 0 N–H and O–H groups in total. The first kappa shape index (κ1) is 14.1. The molecule has 0 aliphatic rings. The first-order valence-corrected chi connectivity index (χ1v) is 6.80. The summed E-state index contributed by atoms with van der Waals surface area (Å²) in [6.45, 7) is 9.67. The summed E-state index contributed by atoms with van der Waals surface area (Å²) >= 11 is 0. The molecule has 0 aromatic heterocycles. The molecule has 0 radical (unpaired) electrons. The Morgan fingerprint density at radius 2 is 1.71 bits per heavy atom. The van der Waals surface area contributed by atoms with Crippen LogP contribution in [-0.2, 0) is 18.3 Å². The smallest absolute Gasteiger partial charge is 0.329 e. The zero-order valence-electron chi connectivity index (χ0n) is 9.65. The molecule has 4 nitrogen and oxygen atoms in total. The van der Waals surface area contributed by atoms with Crippen LogP contribution >= 0.6 is 7.60 Å². The molecule has 0 aliphatic heterocycles. The lowest BCUT2D eigenvalue weighted by atomic mass is 10.2. The highest BCUT2D eigenvalue weighted by atomic mass is 31.2. The molecule has 0 rings (SSSR count). The van der Waals surface area contributed by atoms with Crippen molar-refractivity contribution in [3.63, 3.8) is 0 Å². The second-order valence-electron chi connectivity index (χ2n) is 3.92. The standard InChI is InChI=1S/C9H21O4P/c1-8(2)6-12-14(5,10)13-7-11-9(3)4/h8-9H,6-7H2,1-5H3. The fraction of sp³-hybridized carbons (Fsp3) is 1.00. The Balaban J connectivity index is 3.67. The van der Waals surface area contributed by atoms with Crippen LogP contribution in [-0.4, -0.2) is 26.2 Å². The van der Waals surface area contributed by atoms with Crippen molar-refractivity contribution in [2.45, 2.75) is 33.8 Å². The van der Waals surface area contributed by atoms with Crippen LogP contribution in [0.15, 0.2) is 0 Å². The van der Waals surface area contributed by atoms with Crippen LogP contribution in [0.1, 0.15) is 27.7 Å². The molecule has 0 spiro atoms. The fourth-order valence-electron chi connectivity index (χ4n) is 0.584. The molecule has 0 aliphatic carbocycles. The van der Waals surface area contributed by atoms with Gasteiger partial charge < -0.3 is 9.26 Å². The Morgan fingerprint density at radius 1 is 1.14 bits per heavy atom. The number of hydrogen-bond acceptors (Lipinski definition) is 4. The van der Waals surface area contributed by atoms with E-state index in [9.17, 15) is 4.57 Å². The SMILES string of the molecule is CC(C)COP(C)(=O)OCOC(C)C. The van der Waals surface area contributed by atoms with E-state index in [-0.39, 0.29) is 12.9 Å². The topological polar surface area (TPSA) is 44.8 Å². The molecule has 0 bridgehead atoms. The van der Waals surface area contributed by atoms with Gasteiger partial charge in [0.1, 0.15) is 0 Å². The molecule has 0 heterocycles. The van der Waals surface area contributed by atoms with Gasteiger partial charge in [-0.25, -0.2) is 0 Å². The van der Waals surface area contributed by atoms with Gasteiger partial charge in [0.2, 0.25) is 0 Å². The van der Waals surface area contributed by atoms with Crippen molar-refractivity contribution in [3.8, 4) is 0 Å². The third kappa shape index (κ3) is 8.70. The highest BCUT2D eigenvalue weighted by Crippen LogP contribution is 2.44. The van der Waals surface area contributed by atoms with Crippen molar-refractivity contribution in [3.05, 3.63) is 0 Å². The summed E-state index contributed by atoms with van der Waals surface area (Å²) in [5.74, 6) is 0.345. The molecule has 0 amide bonds. The van der Waals surface area contributed by atoms with Gasteiger partial charge in [0.05, 0.1) is 12.7 Å². The minimum Gasteiger partial charge on any atom is -0.352 e. The molecule has 0 fully saturated rings. The lowest BCUT2D eigenvalue weighted by Gasteiger charge is -2.16. The molecule has 0 saturated carbocycles. The maximum absolute atomic E-state index is 11.6. The van der Waals surface area contributed by atoms with Gasteiger partial charge in [-0.15, -0.1) is 0 Å². The normalized spacial score (nSPS) is 16.2. The van der Waals surface area contributed by atoms with Crippen molar-refractivity contribution in [2.24, 2.45) is 5.92 Å². The number of hydrogen-bond donors (Lipinski definition) is 0. The summed E-state index contributed by atoms with van der Waals surface area (Å²) in [6.07, 6.45) is 0.0695. The van der Waals surface area contributed by atoms with Crippen LogP contribution in [0.3, 0.4) is 0 Å². The zero-order chi connectivity index (χ0) is 11.2. The van der Waals surface area contributed by atoms with Crippen LogP contribution < -0.4 is 0 Å². The predicted octanol–water partition coefficient (Wildman–Crippen LogP) is 2.88. The Kier molecular flexibility index (Phi) is 6.62. The van der Waals surface area contributed by atoms with E-state index in [0.29, 0.717) is 12.5 Å². The molecule has 5 heteroatoms. The van der Waals surface area contributed by atoms with Gasteiger partial charge in [-0.1, -0.05) is 13.8 Å². The van der Waals surface area contributed by atoms with E-state index >= 15 is 0 Å². The van der Waals surface area contributed by atoms with Crippen molar-refractivity contribution in [1.82, 2.24) is 0 Å². The van der Waals surface area contributed by atoms with E-state index in [2.05, 4.69) is 0 Å². The Bertz CT molecular complexity index is 191. The Labute approximate surface area is 86.5 Å². The maximum Gasteiger partial charge on any atom is 0.329 e. The van der Waals surface area contributed by atoms with Crippen LogP contribution in [0.4, 0.5) is 0 Å². The highest BCUT2D eigenvalue weighted by molar-refractivity contribution is 7.52. The maximum atomic E-state index is 11.6. The molecule has 1 unspecified atom stereocenters. The fourth-order valence-corrected chi connectivity index (χ4v) is 1.48. The van der Waals surface area contributed by atoms with Gasteiger partial charge in [0, 0.05) is 6.66 Å². The molecular formula is C9H21O4P. The quantitative estimate of drug-likeness (QED) is 0.492. The number of rotatable bonds is 7. The van der Waals surface area contributed by atoms with E-state index in [1.165, 1.54) is 6.66 Å². The van der Waals surface area contributed by atoms with E-state index in [1.54, 1.807) is 0 Å². The minimum atomic E-state index is -2.93. The molecule has 14 heavy (non-hydrogen) atoms. The van der Waals surface area contributed by atoms with E-state index < -0.39 is 7.60 Å². The second kappa shape index (κ2) is 6.57. The molecule has 0 saturated heterocycles. The third-order valence-corrected chi connectivity index (χ3v) is 2.52. The Morgan fingerprint density at radius 3 is 2.14 bits per heavy atom. The van der Waals surface area contributed by atoms with Crippen LogP contribution in [0, 0.1) is 5.92 Å². The molecular weight excluding hydrogens is 203 g/mol. The van der Waals surface area contributed by atoms with Gasteiger partial charge in [-0.2, -0.15) is 0 Å². The minimum absolute atomic E-state index is 0.0174. The molecule has 0 aromatic rings. The summed E-state index contributed by atoms with van der Waals surface area (Å²) < 4.78 is 26.8. The van der Waals surface area contributed by atoms with E-state index in [4.69, 9.17) is 13.8 Å². The summed E-state index contributed by atoms with van der Waals surface area (Å²) in [6, 6.07) is 0.